The van der Waals surface area contributed by atoms with Crippen molar-refractivity contribution in [3.63, 3.8) is 0 Å². The van der Waals surface area contributed by atoms with Crippen molar-refractivity contribution in [2.24, 2.45) is 5.92 Å². The van der Waals surface area contributed by atoms with Crippen LogP contribution in [0.4, 0.5) is 5.82 Å². The number of nitrogen functional groups attached to an aromatic ring is 1. The number of thiazole rings is 1. The van der Waals surface area contributed by atoms with Crippen LogP contribution >= 0.6 is 11.3 Å². The van der Waals surface area contributed by atoms with Crippen molar-refractivity contribution in [2.75, 3.05) is 31.9 Å². The number of anilines is 1. The van der Waals surface area contributed by atoms with Crippen molar-refractivity contribution in [1.82, 2.24) is 19.0 Å². The molecule has 1 unspecified atom stereocenters. The molecule has 0 bridgehead atoms. The fourth-order valence-electron chi connectivity index (χ4n) is 2.71. The van der Waals surface area contributed by atoms with Gasteiger partial charge in [0.2, 0.25) is 0 Å². The molecular formula is C12H19N5O2S2. The van der Waals surface area contributed by atoms with E-state index in [0.717, 1.165) is 26.1 Å². The van der Waals surface area contributed by atoms with Crippen LogP contribution in [0.1, 0.15) is 13.3 Å². The Balaban J connectivity index is 1.75. The summed E-state index contributed by atoms with van der Waals surface area (Å²) in [6.07, 6.45) is 2.69. The van der Waals surface area contributed by atoms with Gasteiger partial charge in [-0.15, -0.1) is 11.3 Å². The molecule has 1 aliphatic rings. The van der Waals surface area contributed by atoms with Crippen LogP contribution in [-0.2, 0) is 10.0 Å². The van der Waals surface area contributed by atoms with Gasteiger partial charge in [0, 0.05) is 24.7 Å². The van der Waals surface area contributed by atoms with Gasteiger partial charge in [-0.25, -0.2) is 18.1 Å². The predicted octanol–water partition coefficient (Wildman–Crippen LogP) is 0.598. The summed E-state index contributed by atoms with van der Waals surface area (Å²) in [5, 5.41) is 1.83. The summed E-state index contributed by atoms with van der Waals surface area (Å²) in [5.74, 6) is 0.405. The molecule has 9 heteroatoms. The Hall–Kier alpha value is -1.16. The molecule has 0 spiro atoms. The van der Waals surface area contributed by atoms with Gasteiger partial charge in [-0.1, -0.05) is 6.92 Å². The van der Waals surface area contributed by atoms with Gasteiger partial charge in [0.25, 0.3) is 10.0 Å². The second-order valence-electron chi connectivity index (χ2n) is 5.26. The van der Waals surface area contributed by atoms with Crippen molar-refractivity contribution < 1.29 is 8.42 Å². The van der Waals surface area contributed by atoms with Crippen LogP contribution in [0.2, 0.25) is 0 Å². The molecule has 3 heterocycles. The zero-order valence-electron chi connectivity index (χ0n) is 11.8. The maximum atomic E-state index is 12.5. The van der Waals surface area contributed by atoms with Gasteiger partial charge >= 0.3 is 0 Å². The summed E-state index contributed by atoms with van der Waals surface area (Å²) in [5.41, 5.74) is 5.76. The number of rotatable bonds is 5. The molecule has 21 heavy (non-hydrogen) atoms. The average molecular weight is 329 g/mol. The molecule has 3 N–H and O–H groups in total. The van der Waals surface area contributed by atoms with Gasteiger partial charge in [0.15, 0.2) is 15.8 Å². The van der Waals surface area contributed by atoms with E-state index in [1.807, 2.05) is 0 Å². The summed E-state index contributed by atoms with van der Waals surface area (Å²) in [6, 6.07) is 0. The topological polar surface area (TPSA) is 92.7 Å². The third kappa shape index (κ3) is 2.78. The minimum absolute atomic E-state index is 0.0455. The van der Waals surface area contributed by atoms with Crippen LogP contribution in [0.5, 0.6) is 0 Å². The van der Waals surface area contributed by atoms with Crippen molar-refractivity contribution in [1.29, 1.82) is 0 Å². The number of hydrogen-bond acceptors (Lipinski definition) is 6. The minimum atomic E-state index is -3.64. The van der Waals surface area contributed by atoms with E-state index in [0.29, 0.717) is 17.4 Å². The summed E-state index contributed by atoms with van der Waals surface area (Å²) in [7, 11) is -3.64. The SMILES string of the molecule is CCN1CCC(CNS(=O)(=O)c2c(N)nc3sccn23)C1. The number of nitrogens with two attached hydrogens (primary N) is 1. The van der Waals surface area contributed by atoms with Gasteiger partial charge in [-0.2, -0.15) is 0 Å². The van der Waals surface area contributed by atoms with Crippen molar-refractivity contribution in [2.45, 2.75) is 18.4 Å². The molecule has 1 atom stereocenters. The van der Waals surface area contributed by atoms with E-state index in [-0.39, 0.29) is 10.8 Å². The lowest BCUT2D eigenvalue weighted by Gasteiger charge is -2.13. The number of nitrogens with one attached hydrogen (secondary N) is 1. The first-order chi connectivity index (χ1) is 10.0. The van der Waals surface area contributed by atoms with Crippen LogP contribution in [0.25, 0.3) is 4.96 Å². The Bertz CT molecular complexity index is 736. The third-order valence-electron chi connectivity index (χ3n) is 3.88. The Morgan fingerprint density at radius 3 is 3.10 bits per heavy atom. The largest absolute Gasteiger partial charge is 0.381 e. The number of likely N-dealkylation sites (tertiary alicyclic amines) is 1. The highest BCUT2D eigenvalue weighted by molar-refractivity contribution is 7.89. The second-order valence-corrected chi connectivity index (χ2v) is 7.81. The number of hydrogen-bond donors (Lipinski definition) is 2. The summed E-state index contributed by atoms with van der Waals surface area (Å²) >= 11 is 1.36. The summed E-state index contributed by atoms with van der Waals surface area (Å²) in [4.78, 5) is 6.99. The van der Waals surface area contributed by atoms with E-state index in [1.165, 1.54) is 15.7 Å². The summed E-state index contributed by atoms with van der Waals surface area (Å²) < 4.78 is 29.1. The number of nitrogens with zero attached hydrogens (tertiary/aromatic N) is 3. The molecule has 2 aromatic heterocycles. The highest BCUT2D eigenvalue weighted by Crippen LogP contribution is 2.23. The molecule has 1 fully saturated rings. The smallest absolute Gasteiger partial charge is 0.260 e. The lowest BCUT2D eigenvalue weighted by Crippen LogP contribution is -2.32. The van der Waals surface area contributed by atoms with Crippen molar-refractivity contribution in [3.05, 3.63) is 11.6 Å². The second kappa shape index (κ2) is 5.56. The zero-order chi connectivity index (χ0) is 15.0. The first-order valence-electron chi connectivity index (χ1n) is 6.94. The monoisotopic (exact) mass is 329 g/mol. The van der Waals surface area contributed by atoms with Gasteiger partial charge in [-0.3, -0.25) is 4.40 Å². The van der Waals surface area contributed by atoms with E-state index >= 15 is 0 Å². The molecule has 3 rings (SSSR count). The van der Waals surface area contributed by atoms with Gasteiger partial charge in [-0.05, 0) is 25.4 Å². The van der Waals surface area contributed by atoms with Crippen LogP contribution < -0.4 is 10.5 Å². The normalized spacial score (nSPS) is 20.5. The van der Waals surface area contributed by atoms with Crippen molar-refractivity contribution >= 4 is 32.1 Å². The number of sulfonamides is 1. The van der Waals surface area contributed by atoms with Crippen LogP contribution in [0.15, 0.2) is 16.6 Å². The van der Waals surface area contributed by atoms with E-state index in [2.05, 4.69) is 21.5 Å². The average Bonchev–Trinajstić information content (AvgIpc) is 3.10. The third-order valence-corrected chi connectivity index (χ3v) is 6.10. The Kier molecular flexibility index (Phi) is 3.91. The Labute approximate surface area is 127 Å². The lowest BCUT2D eigenvalue weighted by atomic mass is 10.1. The standard InChI is InChI=1S/C12H19N5O2S2/c1-2-16-4-3-9(8-16)7-14-21(18,19)11-10(13)15-12-17(11)5-6-20-12/h5-6,9,14H,2-4,7-8,13H2,1H3. The van der Waals surface area contributed by atoms with Crippen LogP contribution in [0.3, 0.4) is 0 Å². The molecule has 0 aromatic carbocycles. The van der Waals surface area contributed by atoms with Gasteiger partial charge in [0.1, 0.15) is 0 Å². The Morgan fingerprint density at radius 1 is 1.57 bits per heavy atom. The molecule has 1 aliphatic heterocycles. The molecule has 0 amide bonds. The first-order valence-corrected chi connectivity index (χ1v) is 9.30. The van der Waals surface area contributed by atoms with Crippen LogP contribution in [-0.4, -0.2) is 48.9 Å². The first kappa shape index (κ1) is 14.8. The molecule has 2 aromatic rings. The van der Waals surface area contributed by atoms with E-state index < -0.39 is 10.0 Å². The maximum Gasteiger partial charge on any atom is 0.260 e. The lowest BCUT2D eigenvalue weighted by molar-refractivity contribution is 0.342. The summed E-state index contributed by atoms with van der Waals surface area (Å²) in [6.45, 7) is 5.54. The van der Waals surface area contributed by atoms with Gasteiger partial charge < -0.3 is 10.6 Å². The van der Waals surface area contributed by atoms with Crippen LogP contribution in [0, 0.1) is 5.92 Å². The van der Waals surface area contributed by atoms with E-state index in [4.69, 9.17) is 5.73 Å². The number of imidazole rings is 1. The fraction of sp³-hybridized carbons (Fsp3) is 0.583. The predicted molar refractivity (Wildman–Crippen MR) is 82.9 cm³/mol. The highest BCUT2D eigenvalue weighted by atomic mass is 32.2. The fourth-order valence-corrected chi connectivity index (χ4v) is 4.81. The maximum absolute atomic E-state index is 12.5. The van der Waals surface area contributed by atoms with Gasteiger partial charge in [0.05, 0.1) is 0 Å². The molecule has 1 saturated heterocycles. The minimum Gasteiger partial charge on any atom is -0.381 e. The van der Waals surface area contributed by atoms with Crippen molar-refractivity contribution in [3.8, 4) is 0 Å². The molecular weight excluding hydrogens is 310 g/mol. The zero-order valence-corrected chi connectivity index (χ0v) is 13.5. The molecule has 116 valence electrons. The van der Waals surface area contributed by atoms with E-state index in [1.54, 1.807) is 11.6 Å². The highest BCUT2D eigenvalue weighted by Gasteiger charge is 2.27. The molecule has 0 aliphatic carbocycles. The molecule has 0 saturated carbocycles. The van der Waals surface area contributed by atoms with E-state index in [9.17, 15) is 8.42 Å². The molecule has 0 radical (unpaired) electrons. The molecule has 7 nitrogen and oxygen atoms in total. The number of fused-ring (bicyclic) bond motifs is 1. The number of aromatic nitrogens is 2. The quantitative estimate of drug-likeness (QED) is 0.838. The Morgan fingerprint density at radius 2 is 2.38 bits per heavy atom.